The molecular weight excluding hydrogens is 433 g/mol. The number of aryl methyl sites for hydroxylation is 1. The van der Waals surface area contributed by atoms with Gasteiger partial charge in [0.05, 0.1) is 16.9 Å². The fourth-order valence-corrected chi connectivity index (χ4v) is 3.62. The number of amides is 1. The summed E-state index contributed by atoms with van der Waals surface area (Å²) in [4.78, 5) is 29.6. The summed E-state index contributed by atoms with van der Waals surface area (Å²) in [5.74, 6) is -1.50. The maximum atomic E-state index is 13.0. The Morgan fingerprint density at radius 2 is 1.94 bits per heavy atom. The molecule has 0 atom stereocenters. The molecule has 31 heavy (non-hydrogen) atoms. The summed E-state index contributed by atoms with van der Waals surface area (Å²) in [6.07, 6.45) is -4.55. The number of alkyl halides is 3. The van der Waals surface area contributed by atoms with Crippen molar-refractivity contribution in [3.05, 3.63) is 70.2 Å². The number of aromatic nitrogens is 1. The van der Waals surface area contributed by atoms with Crippen molar-refractivity contribution in [3.8, 4) is 5.75 Å². The van der Waals surface area contributed by atoms with Crippen LogP contribution in [-0.4, -0.2) is 22.0 Å². The van der Waals surface area contributed by atoms with Crippen molar-refractivity contribution in [1.82, 2.24) is 4.98 Å². The van der Waals surface area contributed by atoms with Crippen molar-refractivity contribution in [2.45, 2.75) is 26.6 Å². The predicted molar refractivity (Wildman–Crippen MR) is 108 cm³/mol. The van der Waals surface area contributed by atoms with Crippen molar-refractivity contribution in [1.29, 1.82) is 0 Å². The van der Waals surface area contributed by atoms with Gasteiger partial charge in [-0.3, -0.25) is 9.69 Å². The molecule has 1 aromatic heterocycles. The average Bonchev–Trinajstić information content (AvgIpc) is 3.16. The molecule has 0 aliphatic rings. The third-order valence-corrected chi connectivity index (χ3v) is 5.08. The molecule has 0 bridgehead atoms. The predicted octanol–water partition coefficient (Wildman–Crippen LogP) is 5.22. The molecule has 0 saturated carbocycles. The first kappa shape index (κ1) is 22.3. The first-order valence-electron chi connectivity index (χ1n) is 8.95. The number of carbonyl (C=O) groups is 2. The second-order valence-electron chi connectivity index (χ2n) is 6.62. The average molecular weight is 450 g/mol. The molecule has 0 saturated heterocycles. The van der Waals surface area contributed by atoms with Gasteiger partial charge in [0.2, 0.25) is 5.91 Å². The van der Waals surface area contributed by atoms with Gasteiger partial charge in [-0.15, -0.1) is 11.3 Å². The van der Waals surface area contributed by atoms with E-state index in [0.29, 0.717) is 5.69 Å². The van der Waals surface area contributed by atoms with E-state index in [1.54, 1.807) is 13.0 Å². The lowest BCUT2D eigenvalue weighted by atomic mass is 10.1. The largest absolute Gasteiger partial charge is 0.507 e. The molecule has 1 amide bonds. The zero-order valence-corrected chi connectivity index (χ0v) is 17.3. The van der Waals surface area contributed by atoms with Gasteiger partial charge in [-0.25, -0.2) is 9.78 Å². The van der Waals surface area contributed by atoms with Crippen molar-refractivity contribution in [2.24, 2.45) is 0 Å². The van der Waals surface area contributed by atoms with Gasteiger partial charge in [0.25, 0.3) is 0 Å². The van der Waals surface area contributed by atoms with Crippen LogP contribution in [0.4, 0.5) is 24.0 Å². The van der Waals surface area contributed by atoms with Crippen LogP contribution in [0.25, 0.3) is 0 Å². The Balaban J connectivity index is 1.79. The zero-order chi connectivity index (χ0) is 22.8. The molecule has 10 heteroatoms. The number of thiazole rings is 1. The molecule has 3 rings (SSSR count). The molecule has 0 unspecified atom stereocenters. The van der Waals surface area contributed by atoms with Gasteiger partial charge in [0, 0.05) is 12.3 Å². The maximum Gasteiger partial charge on any atom is 0.416 e. The molecular formula is C21H17F3N2O4S. The van der Waals surface area contributed by atoms with Crippen LogP contribution < -0.4 is 4.90 Å². The lowest BCUT2D eigenvalue weighted by molar-refractivity contribution is -0.137. The monoisotopic (exact) mass is 450 g/mol. The second kappa shape index (κ2) is 8.76. The van der Waals surface area contributed by atoms with Crippen molar-refractivity contribution < 1.29 is 32.6 Å². The van der Waals surface area contributed by atoms with Gasteiger partial charge in [0.15, 0.2) is 5.13 Å². The van der Waals surface area contributed by atoms with Crippen molar-refractivity contribution in [3.63, 3.8) is 0 Å². The summed E-state index contributed by atoms with van der Waals surface area (Å²) in [6.45, 7) is 2.73. The number of phenolic OH excluding ortho intramolecular Hbond substituents is 1. The highest BCUT2D eigenvalue weighted by molar-refractivity contribution is 7.14. The van der Waals surface area contributed by atoms with Crippen LogP contribution in [0.15, 0.2) is 47.8 Å². The van der Waals surface area contributed by atoms with E-state index >= 15 is 0 Å². The molecule has 0 aliphatic carbocycles. The second-order valence-corrected chi connectivity index (χ2v) is 7.46. The molecule has 1 N–H and O–H groups in total. The Morgan fingerprint density at radius 1 is 1.19 bits per heavy atom. The quantitative estimate of drug-likeness (QED) is 0.540. The van der Waals surface area contributed by atoms with Crippen molar-refractivity contribution in [2.75, 3.05) is 4.90 Å². The van der Waals surface area contributed by atoms with Crippen LogP contribution in [0.3, 0.4) is 0 Å². The molecule has 1 heterocycles. The number of halogens is 3. The van der Waals surface area contributed by atoms with E-state index in [1.807, 2.05) is 0 Å². The van der Waals surface area contributed by atoms with Gasteiger partial charge in [-0.05, 0) is 37.3 Å². The number of esters is 1. The SMILES string of the molecule is CC(=O)N(c1cccc(C(F)(F)F)c1)c1nc(COC(=O)c2cc(C)ccc2O)cs1. The topological polar surface area (TPSA) is 79.7 Å². The summed E-state index contributed by atoms with van der Waals surface area (Å²) in [5, 5.41) is 11.5. The summed E-state index contributed by atoms with van der Waals surface area (Å²) in [6, 6.07) is 8.86. The summed E-state index contributed by atoms with van der Waals surface area (Å²) in [5.41, 5.74) is 0.201. The van der Waals surface area contributed by atoms with Gasteiger partial charge in [-0.2, -0.15) is 13.2 Å². The Kier molecular flexibility index (Phi) is 6.30. The number of rotatable bonds is 5. The van der Waals surface area contributed by atoms with Crippen LogP contribution in [0, 0.1) is 6.92 Å². The molecule has 3 aromatic rings. The number of anilines is 2. The number of nitrogens with zero attached hydrogens (tertiary/aromatic N) is 2. The fraction of sp³-hybridized carbons (Fsp3) is 0.190. The smallest absolute Gasteiger partial charge is 0.416 e. The van der Waals surface area contributed by atoms with Crippen LogP contribution in [0.5, 0.6) is 5.75 Å². The van der Waals surface area contributed by atoms with E-state index in [2.05, 4.69) is 4.98 Å². The molecule has 0 spiro atoms. The standard InChI is InChI=1S/C21H17F3N2O4S/c1-12-6-7-18(28)17(8-12)19(29)30-10-15-11-31-20(25-15)26(13(2)27)16-5-3-4-14(9-16)21(22,23)24/h3-9,11,28H,10H2,1-2H3. The van der Waals surface area contributed by atoms with Gasteiger partial charge >= 0.3 is 12.1 Å². The van der Waals surface area contributed by atoms with Crippen LogP contribution in [0.2, 0.25) is 0 Å². The highest BCUT2D eigenvalue weighted by Crippen LogP contribution is 2.35. The van der Waals surface area contributed by atoms with E-state index in [4.69, 9.17) is 4.74 Å². The van der Waals surface area contributed by atoms with E-state index in [-0.39, 0.29) is 28.7 Å². The van der Waals surface area contributed by atoms with E-state index in [9.17, 15) is 27.9 Å². The molecule has 2 aromatic carbocycles. The van der Waals surface area contributed by atoms with Gasteiger partial charge in [0.1, 0.15) is 17.9 Å². The van der Waals surface area contributed by atoms with Gasteiger partial charge < -0.3 is 9.84 Å². The van der Waals surface area contributed by atoms with Crippen LogP contribution >= 0.6 is 11.3 Å². The Morgan fingerprint density at radius 3 is 2.61 bits per heavy atom. The number of carbonyl (C=O) groups excluding carboxylic acids is 2. The zero-order valence-electron chi connectivity index (χ0n) is 16.4. The molecule has 0 radical (unpaired) electrons. The highest BCUT2D eigenvalue weighted by Gasteiger charge is 2.31. The first-order valence-corrected chi connectivity index (χ1v) is 9.83. The minimum Gasteiger partial charge on any atom is -0.507 e. The van der Waals surface area contributed by atoms with E-state index in [1.165, 1.54) is 36.6 Å². The Labute approximate surface area is 179 Å². The Bertz CT molecular complexity index is 1130. The third kappa shape index (κ3) is 5.21. The Hall–Kier alpha value is -3.40. The third-order valence-electron chi connectivity index (χ3n) is 4.20. The van der Waals surface area contributed by atoms with Gasteiger partial charge in [-0.1, -0.05) is 17.7 Å². The lowest BCUT2D eigenvalue weighted by Crippen LogP contribution is -2.23. The summed E-state index contributed by atoms with van der Waals surface area (Å²) in [7, 11) is 0. The normalized spacial score (nSPS) is 11.3. The van der Waals surface area contributed by atoms with E-state index < -0.39 is 23.6 Å². The van der Waals surface area contributed by atoms with Crippen molar-refractivity contribution >= 4 is 34.0 Å². The minimum atomic E-state index is -4.55. The summed E-state index contributed by atoms with van der Waals surface area (Å²) < 4.78 is 44.2. The fourth-order valence-electron chi connectivity index (χ4n) is 2.74. The molecule has 0 fully saturated rings. The first-order chi connectivity index (χ1) is 14.6. The number of aromatic hydroxyl groups is 1. The number of hydrogen-bond acceptors (Lipinski definition) is 6. The van der Waals surface area contributed by atoms with Crippen LogP contribution in [-0.2, 0) is 22.3 Å². The van der Waals surface area contributed by atoms with E-state index in [0.717, 1.165) is 33.9 Å². The molecule has 162 valence electrons. The number of ether oxygens (including phenoxy) is 1. The van der Waals surface area contributed by atoms with Crippen LogP contribution in [0.1, 0.15) is 34.1 Å². The number of hydrogen-bond donors (Lipinski definition) is 1. The lowest BCUT2D eigenvalue weighted by Gasteiger charge is -2.19. The number of phenols is 1. The molecule has 6 nitrogen and oxygen atoms in total. The highest BCUT2D eigenvalue weighted by atomic mass is 32.1. The minimum absolute atomic E-state index is 0.00443. The maximum absolute atomic E-state index is 13.0. The number of benzene rings is 2. The summed E-state index contributed by atoms with van der Waals surface area (Å²) >= 11 is 1.02. The molecule has 0 aliphatic heterocycles.